The number of benzene rings is 2. The van der Waals surface area contributed by atoms with E-state index in [1.807, 2.05) is 37.3 Å². The monoisotopic (exact) mass is 367 g/mol. The van der Waals surface area contributed by atoms with Gasteiger partial charge in [0.25, 0.3) is 5.91 Å². The van der Waals surface area contributed by atoms with Crippen molar-refractivity contribution in [1.82, 2.24) is 5.32 Å². The number of amides is 1. The second-order valence-corrected chi connectivity index (χ2v) is 5.94. The van der Waals surface area contributed by atoms with Crippen LogP contribution in [0.5, 0.6) is 5.75 Å². The maximum Gasteiger partial charge on any atom is 0.255 e. The molecule has 1 unspecified atom stereocenters. The number of hydrogen-bond acceptors (Lipinski definition) is 2. The van der Waals surface area contributed by atoms with Crippen LogP contribution in [0.2, 0.25) is 5.02 Å². The van der Waals surface area contributed by atoms with Crippen molar-refractivity contribution in [3.63, 3.8) is 0 Å². The van der Waals surface area contributed by atoms with Crippen LogP contribution in [0.3, 0.4) is 0 Å². The van der Waals surface area contributed by atoms with E-state index >= 15 is 0 Å². The smallest absolute Gasteiger partial charge is 0.255 e. The van der Waals surface area contributed by atoms with Crippen molar-refractivity contribution < 1.29 is 9.90 Å². The predicted octanol–water partition coefficient (Wildman–Crippen LogP) is 4.09. The van der Waals surface area contributed by atoms with E-state index in [2.05, 4.69) is 21.2 Å². The summed E-state index contributed by atoms with van der Waals surface area (Å²) in [5.41, 5.74) is 0.593. The van der Waals surface area contributed by atoms with Crippen molar-refractivity contribution in [2.45, 2.75) is 12.5 Å². The summed E-state index contributed by atoms with van der Waals surface area (Å²) in [5.74, 6) is -0.486. The highest BCUT2D eigenvalue weighted by molar-refractivity contribution is 9.09. The fourth-order valence-electron chi connectivity index (χ4n) is 2.00. The van der Waals surface area contributed by atoms with Crippen molar-refractivity contribution in [3.8, 4) is 5.75 Å². The Labute approximate surface area is 137 Å². The van der Waals surface area contributed by atoms with Crippen molar-refractivity contribution in [3.05, 3.63) is 64.7 Å². The molecule has 0 spiro atoms. The number of phenolic OH excluding ortho intramolecular Hbond substituents is 1. The van der Waals surface area contributed by atoms with Gasteiger partial charge in [-0.25, -0.2) is 0 Å². The maximum atomic E-state index is 12.4. The lowest BCUT2D eigenvalue weighted by atomic mass is 9.94. The molecule has 0 aliphatic carbocycles. The summed E-state index contributed by atoms with van der Waals surface area (Å²) in [5, 5.41) is 13.7. The van der Waals surface area contributed by atoms with Crippen molar-refractivity contribution in [2.75, 3.05) is 5.33 Å². The molecule has 2 N–H and O–H groups in total. The molecular weight excluding hydrogens is 354 g/mol. The Balaban J connectivity index is 2.28. The molecule has 0 fully saturated rings. The predicted molar refractivity (Wildman–Crippen MR) is 88.2 cm³/mol. The molecule has 5 heteroatoms. The van der Waals surface area contributed by atoms with Crippen LogP contribution in [0.25, 0.3) is 0 Å². The van der Waals surface area contributed by atoms with Crippen molar-refractivity contribution in [2.24, 2.45) is 0 Å². The van der Waals surface area contributed by atoms with Gasteiger partial charge in [0.1, 0.15) is 5.75 Å². The molecule has 0 saturated heterocycles. The number of carbonyl (C=O) groups is 1. The lowest BCUT2D eigenvalue weighted by molar-refractivity contribution is 0.0911. The number of nitrogens with one attached hydrogen (secondary N) is 1. The maximum absolute atomic E-state index is 12.4. The molecule has 0 bridgehead atoms. The Morgan fingerprint density at radius 3 is 2.52 bits per heavy atom. The third kappa shape index (κ3) is 3.57. The molecule has 1 amide bonds. The fourth-order valence-corrected chi connectivity index (χ4v) is 2.63. The van der Waals surface area contributed by atoms with E-state index in [1.165, 1.54) is 12.1 Å². The Hall–Kier alpha value is -1.52. The van der Waals surface area contributed by atoms with Gasteiger partial charge in [-0.3, -0.25) is 4.79 Å². The van der Waals surface area contributed by atoms with Gasteiger partial charge in [0.05, 0.1) is 11.1 Å². The number of aromatic hydroxyl groups is 1. The number of carbonyl (C=O) groups excluding carboxylic acids is 1. The molecule has 0 aliphatic rings. The summed E-state index contributed by atoms with van der Waals surface area (Å²) in [6.07, 6.45) is 0. The van der Waals surface area contributed by atoms with Crippen LogP contribution in [-0.4, -0.2) is 16.3 Å². The molecular formula is C16H15BrClNO2. The van der Waals surface area contributed by atoms with E-state index in [1.54, 1.807) is 6.07 Å². The highest BCUT2D eigenvalue weighted by Gasteiger charge is 2.28. The lowest BCUT2D eigenvalue weighted by Gasteiger charge is -2.29. The van der Waals surface area contributed by atoms with Gasteiger partial charge in [0.2, 0.25) is 0 Å². The first-order valence-electron chi connectivity index (χ1n) is 6.39. The molecule has 0 aromatic heterocycles. The van der Waals surface area contributed by atoms with Gasteiger partial charge in [0.15, 0.2) is 0 Å². The minimum Gasteiger partial charge on any atom is -0.507 e. The van der Waals surface area contributed by atoms with Gasteiger partial charge >= 0.3 is 0 Å². The number of hydrogen-bond donors (Lipinski definition) is 2. The Morgan fingerprint density at radius 2 is 1.95 bits per heavy atom. The number of phenols is 1. The van der Waals surface area contributed by atoms with E-state index in [-0.39, 0.29) is 17.2 Å². The SMILES string of the molecule is CC(CBr)(NC(=O)c1ccc(Cl)cc1O)c1ccccc1. The van der Waals surface area contributed by atoms with Gasteiger partial charge in [0, 0.05) is 10.4 Å². The minimum atomic E-state index is -0.579. The summed E-state index contributed by atoms with van der Waals surface area (Å²) < 4.78 is 0. The second-order valence-electron chi connectivity index (χ2n) is 4.95. The van der Waals surface area contributed by atoms with Crippen LogP contribution in [-0.2, 0) is 5.54 Å². The van der Waals surface area contributed by atoms with Crippen LogP contribution in [0.1, 0.15) is 22.8 Å². The Bertz CT molecular complexity index is 648. The minimum absolute atomic E-state index is 0.134. The third-order valence-electron chi connectivity index (χ3n) is 3.27. The molecule has 110 valence electrons. The normalized spacial score (nSPS) is 13.5. The third-order valence-corrected chi connectivity index (χ3v) is 4.63. The first kappa shape index (κ1) is 15.9. The molecule has 0 saturated carbocycles. The van der Waals surface area contributed by atoms with E-state index in [9.17, 15) is 9.90 Å². The highest BCUT2D eigenvalue weighted by atomic mass is 79.9. The van der Waals surface area contributed by atoms with E-state index in [4.69, 9.17) is 11.6 Å². The molecule has 2 aromatic carbocycles. The summed E-state index contributed by atoms with van der Waals surface area (Å²) in [4.78, 5) is 12.4. The van der Waals surface area contributed by atoms with Crippen LogP contribution < -0.4 is 5.32 Å². The average Bonchev–Trinajstić information content (AvgIpc) is 2.47. The number of rotatable bonds is 4. The highest BCUT2D eigenvalue weighted by Crippen LogP contribution is 2.26. The molecule has 2 rings (SSSR count). The largest absolute Gasteiger partial charge is 0.507 e. The van der Waals surface area contributed by atoms with E-state index < -0.39 is 5.54 Å². The number of alkyl halides is 1. The first-order chi connectivity index (χ1) is 9.96. The van der Waals surface area contributed by atoms with Crippen molar-refractivity contribution in [1.29, 1.82) is 0 Å². The van der Waals surface area contributed by atoms with Crippen molar-refractivity contribution >= 4 is 33.4 Å². The van der Waals surface area contributed by atoms with E-state index in [0.717, 1.165) is 5.56 Å². The van der Waals surface area contributed by atoms with Gasteiger partial charge < -0.3 is 10.4 Å². The zero-order valence-corrected chi connectivity index (χ0v) is 13.8. The van der Waals surface area contributed by atoms with E-state index in [0.29, 0.717) is 10.4 Å². The summed E-state index contributed by atoms with van der Waals surface area (Å²) in [6, 6.07) is 14.1. The molecule has 0 radical (unpaired) electrons. The molecule has 1 atom stereocenters. The zero-order valence-electron chi connectivity index (χ0n) is 11.4. The molecule has 21 heavy (non-hydrogen) atoms. The zero-order chi connectivity index (χ0) is 15.5. The van der Waals surface area contributed by atoms with Crippen LogP contribution in [0.4, 0.5) is 0 Å². The van der Waals surface area contributed by atoms with Crippen LogP contribution in [0.15, 0.2) is 48.5 Å². The van der Waals surface area contributed by atoms with Gasteiger partial charge in [-0.2, -0.15) is 0 Å². The summed E-state index contributed by atoms with van der Waals surface area (Å²) >= 11 is 9.22. The van der Waals surface area contributed by atoms with Crippen LogP contribution in [0, 0.1) is 0 Å². The quantitative estimate of drug-likeness (QED) is 0.799. The van der Waals surface area contributed by atoms with Gasteiger partial charge in [-0.1, -0.05) is 57.9 Å². The summed E-state index contributed by atoms with van der Waals surface area (Å²) in [7, 11) is 0. The topological polar surface area (TPSA) is 49.3 Å². The van der Waals surface area contributed by atoms with Gasteiger partial charge in [-0.05, 0) is 30.7 Å². The number of halogens is 2. The first-order valence-corrected chi connectivity index (χ1v) is 7.89. The average molecular weight is 369 g/mol. The molecule has 2 aromatic rings. The fraction of sp³-hybridized carbons (Fsp3) is 0.188. The van der Waals surface area contributed by atoms with Gasteiger partial charge in [-0.15, -0.1) is 0 Å². The Kier molecular flexibility index (Phi) is 4.91. The molecule has 0 aliphatic heterocycles. The van der Waals surface area contributed by atoms with Crippen LogP contribution >= 0.6 is 27.5 Å². The summed E-state index contributed by atoms with van der Waals surface area (Å²) in [6.45, 7) is 1.92. The molecule has 3 nitrogen and oxygen atoms in total. The standard InChI is InChI=1S/C16H15BrClNO2/c1-16(10-17,11-5-3-2-4-6-11)19-15(21)13-8-7-12(18)9-14(13)20/h2-9,20H,10H2,1H3,(H,19,21). The second kappa shape index (κ2) is 6.50. The molecule has 0 heterocycles. The Morgan fingerprint density at radius 1 is 1.29 bits per heavy atom. The lowest BCUT2D eigenvalue weighted by Crippen LogP contribution is -2.44.